The summed E-state index contributed by atoms with van der Waals surface area (Å²) in [6.07, 6.45) is -1.53. The molecule has 0 bridgehead atoms. The fourth-order valence-electron chi connectivity index (χ4n) is 2.97. The first-order valence-corrected chi connectivity index (χ1v) is 7.21. The molecule has 1 heterocycles. The zero-order valence-electron chi connectivity index (χ0n) is 11.8. The molecule has 1 N–H and O–H groups in total. The van der Waals surface area contributed by atoms with Crippen LogP contribution in [0.1, 0.15) is 33.7 Å². The van der Waals surface area contributed by atoms with E-state index in [0.29, 0.717) is 5.56 Å². The minimum absolute atomic E-state index is 0.375. The largest absolute Gasteiger partial charge is 0.451 e. The number of cyclic esters (lactones) is 1. The van der Waals surface area contributed by atoms with Gasteiger partial charge < -0.3 is 9.84 Å². The van der Waals surface area contributed by atoms with Gasteiger partial charge in [0.15, 0.2) is 6.10 Å². The molecule has 3 nitrogen and oxygen atoms in total. The number of aliphatic hydroxyl groups is 1. The Morgan fingerprint density at radius 2 is 1.64 bits per heavy atom. The summed E-state index contributed by atoms with van der Waals surface area (Å²) < 4.78 is 5.37. The van der Waals surface area contributed by atoms with Crippen molar-refractivity contribution < 1.29 is 14.6 Å². The van der Waals surface area contributed by atoms with E-state index in [4.69, 9.17) is 4.74 Å². The number of aliphatic hydroxyl groups excluding tert-OH is 1. The van der Waals surface area contributed by atoms with Crippen molar-refractivity contribution >= 4 is 16.7 Å². The third-order valence-electron chi connectivity index (χ3n) is 4.12. The lowest BCUT2D eigenvalue weighted by Crippen LogP contribution is -2.10. The van der Waals surface area contributed by atoms with E-state index < -0.39 is 12.2 Å². The first kappa shape index (κ1) is 13.0. The van der Waals surface area contributed by atoms with Crippen molar-refractivity contribution in [1.29, 1.82) is 0 Å². The van der Waals surface area contributed by atoms with E-state index in [1.807, 2.05) is 54.6 Å². The van der Waals surface area contributed by atoms with E-state index in [1.165, 1.54) is 0 Å². The van der Waals surface area contributed by atoms with Crippen molar-refractivity contribution in [2.24, 2.45) is 0 Å². The highest BCUT2D eigenvalue weighted by Crippen LogP contribution is 2.39. The molecule has 3 aromatic carbocycles. The normalized spacial score (nSPS) is 18.0. The lowest BCUT2D eigenvalue weighted by molar-refractivity contribution is -0.0102. The monoisotopic (exact) mass is 290 g/mol. The first-order chi connectivity index (χ1) is 10.7. The van der Waals surface area contributed by atoms with E-state index in [2.05, 4.69) is 0 Å². The average Bonchev–Trinajstić information content (AvgIpc) is 2.91. The van der Waals surface area contributed by atoms with Crippen molar-refractivity contribution in [3.63, 3.8) is 0 Å². The molecule has 0 saturated carbocycles. The third-order valence-corrected chi connectivity index (χ3v) is 4.12. The maximum absolute atomic E-state index is 11.9. The summed E-state index contributed by atoms with van der Waals surface area (Å²) in [5, 5.41) is 12.8. The molecule has 2 atom stereocenters. The molecule has 3 heteroatoms. The molecule has 4 rings (SSSR count). The zero-order valence-corrected chi connectivity index (χ0v) is 11.8. The molecule has 108 valence electrons. The molecule has 1 aliphatic heterocycles. The van der Waals surface area contributed by atoms with Crippen LogP contribution >= 0.6 is 0 Å². The van der Waals surface area contributed by atoms with Gasteiger partial charge in [-0.15, -0.1) is 0 Å². The van der Waals surface area contributed by atoms with E-state index >= 15 is 0 Å². The summed E-state index contributed by atoms with van der Waals surface area (Å²) in [5.74, 6) is -0.375. The minimum atomic E-state index is -0.878. The molecule has 0 unspecified atom stereocenters. The summed E-state index contributed by atoms with van der Waals surface area (Å²) >= 11 is 0. The maximum atomic E-state index is 11.9. The quantitative estimate of drug-likeness (QED) is 0.730. The number of benzene rings is 3. The highest BCUT2D eigenvalue weighted by atomic mass is 16.6. The van der Waals surface area contributed by atoms with E-state index in [-0.39, 0.29) is 5.97 Å². The predicted molar refractivity (Wildman–Crippen MR) is 83.5 cm³/mol. The van der Waals surface area contributed by atoms with Gasteiger partial charge in [-0.25, -0.2) is 4.79 Å². The van der Waals surface area contributed by atoms with Gasteiger partial charge in [0.2, 0.25) is 0 Å². The standard InChI is InChI=1S/C19H14O3/c20-17(14-10-9-12-5-1-2-6-13(12)11-14)18-15-7-3-4-8-16(15)19(21)22-18/h1-11,17-18,20H/t17-,18-/m1/s1. The van der Waals surface area contributed by atoms with Gasteiger partial charge in [0.1, 0.15) is 6.10 Å². The van der Waals surface area contributed by atoms with E-state index in [1.54, 1.807) is 12.1 Å². The SMILES string of the molecule is O=C1O[C@@H]([C@H](O)c2ccc3ccccc3c2)c2ccccc21. The van der Waals surface area contributed by atoms with Crippen LogP contribution < -0.4 is 0 Å². The lowest BCUT2D eigenvalue weighted by atomic mass is 9.95. The summed E-state index contributed by atoms with van der Waals surface area (Å²) in [7, 11) is 0. The van der Waals surface area contributed by atoms with Crippen LogP contribution in [0.5, 0.6) is 0 Å². The number of rotatable bonds is 2. The fourth-order valence-corrected chi connectivity index (χ4v) is 2.97. The van der Waals surface area contributed by atoms with Gasteiger partial charge in [-0.05, 0) is 28.5 Å². The smallest absolute Gasteiger partial charge is 0.339 e. The van der Waals surface area contributed by atoms with Crippen LogP contribution in [0.3, 0.4) is 0 Å². The maximum Gasteiger partial charge on any atom is 0.339 e. The summed E-state index contributed by atoms with van der Waals surface area (Å²) in [5.41, 5.74) is 2.02. The van der Waals surface area contributed by atoms with Gasteiger partial charge in [0.25, 0.3) is 0 Å². The molecular formula is C19H14O3. The number of hydrogen-bond acceptors (Lipinski definition) is 3. The van der Waals surface area contributed by atoms with Crippen LogP contribution in [0.15, 0.2) is 66.7 Å². The Bertz CT molecular complexity index is 869. The van der Waals surface area contributed by atoms with E-state index in [9.17, 15) is 9.90 Å². The molecule has 0 amide bonds. The number of hydrogen-bond donors (Lipinski definition) is 1. The number of carbonyl (C=O) groups is 1. The number of fused-ring (bicyclic) bond motifs is 2. The summed E-state index contributed by atoms with van der Waals surface area (Å²) in [4.78, 5) is 11.9. The predicted octanol–water partition coefficient (Wildman–Crippen LogP) is 3.78. The van der Waals surface area contributed by atoms with Crippen LogP contribution in [0.4, 0.5) is 0 Å². The highest BCUT2D eigenvalue weighted by Gasteiger charge is 2.36. The van der Waals surface area contributed by atoms with Gasteiger partial charge in [0.05, 0.1) is 5.56 Å². The van der Waals surface area contributed by atoms with Gasteiger partial charge in [0, 0.05) is 5.56 Å². The van der Waals surface area contributed by atoms with Crippen molar-refractivity contribution in [3.05, 3.63) is 83.4 Å². The molecule has 0 fully saturated rings. The molecule has 0 radical (unpaired) electrons. The molecule has 0 aromatic heterocycles. The number of ether oxygens (including phenoxy) is 1. The van der Waals surface area contributed by atoms with Crippen LogP contribution in [-0.2, 0) is 4.74 Å². The topological polar surface area (TPSA) is 46.5 Å². The van der Waals surface area contributed by atoms with Gasteiger partial charge in [-0.3, -0.25) is 0 Å². The van der Waals surface area contributed by atoms with Gasteiger partial charge in [-0.2, -0.15) is 0 Å². The Labute approximate surface area is 127 Å². The second kappa shape index (κ2) is 4.97. The third kappa shape index (κ3) is 1.98. The molecule has 0 aliphatic carbocycles. The van der Waals surface area contributed by atoms with Crippen LogP contribution in [0.25, 0.3) is 10.8 Å². The van der Waals surface area contributed by atoms with Crippen molar-refractivity contribution in [2.45, 2.75) is 12.2 Å². The number of carbonyl (C=O) groups excluding carboxylic acids is 1. The van der Waals surface area contributed by atoms with Crippen molar-refractivity contribution in [2.75, 3.05) is 0 Å². The first-order valence-electron chi connectivity index (χ1n) is 7.21. The molecule has 0 saturated heterocycles. The van der Waals surface area contributed by atoms with Crippen LogP contribution in [-0.4, -0.2) is 11.1 Å². The molecule has 3 aromatic rings. The highest BCUT2D eigenvalue weighted by molar-refractivity contribution is 5.94. The average molecular weight is 290 g/mol. The lowest BCUT2D eigenvalue weighted by Gasteiger charge is -2.19. The van der Waals surface area contributed by atoms with Crippen LogP contribution in [0, 0.1) is 0 Å². The zero-order chi connectivity index (χ0) is 15.1. The van der Waals surface area contributed by atoms with Gasteiger partial charge in [-0.1, -0.05) is 54.6 Å². The Kier molecular flexibility index (Phi) is 2.94. The molecular weight excluding hydrogens is 276 g/mol. The summed E-state index contributed by atoms with van der Waals surface area (Å²) in [6.45, 7) is 0. The number of esters is 1. The Morgan fingerprint density at radius 3 is 2.50 bits per heavy atom. The Balaban J connectivity index is 1.75. The minimum Gasteiger partial charge on any atom is -0.451 e. The Hall–Kier alpha value is -2.65. The van der Waals surface area contributed by atoms with E-state index in [0.717, 1.165) is 21.9 Å². The van der Waals surface area contributed by atoms with Crippen molar-refractivity contribution in [1.82, 2.24) is 0 Å². The second-order valence-electron chi connectivity index (χ2n) is 5.46. The fraction of sp³-hybridized carbons (Fsp3) is 0.105. The molecule has 1 aliphatic rings. The van der Waals surface area contributed by atoms with Crippen LogP contribution in [0.2, 0.25) is 0 Å². The second-order valence-corrected chi connectivity index (χ2v) is 5.46. The summed E-state index contributed by atoms with van der Waals surface area (Å²) in [6, 6.07) is 21.0. The van der Waals surface area contributed by atoms with Gasteiger partial charge >= 0.3 is 5.97 Å². The molecule has 0 spiro atoms. The Morgan fingerprint density at radius 1 is 0.909 bits per heavy atom. The molecule has 22 heavy (non-hydrogen) atoms. The van der Waals surface area contributed by atoms with Crippen molar-refractivity contribution in [3.8, 4) is 0 Å².